The molecule has 10 heteroatoms. The molecule has 3 N–H and O–H groups in total. The lowest BCUT2D eigenvalue weighted by Crippen LogP contribution is -2.43. The maximum Gasteiger partial charge on any atom is 0.323 e. The summed E-state index contributed by atoms with van der Waals surface area (Å²) in [6, 6.07) is 18.7. The number of halogens is 1. The Bertz CT molecular complexity index is 1270. The summed E-state index contributed by atoms with van der Waals surface area (Å²) < 4.78 is 40.3. The van der Waals surface area contributed by atoms with Crippen molar-refractivity contribution in [2.75, 3.05) is 22.5 Å². The van der Waals surface area contributed by atoms with Crippen molar-refractivity contribution in [3.05, 3.63) is 84.7 Å². The zero-order chi connectivity index (χ0) is 24.1. The van der Waals surface area contributed by atoms with E-state index in [1.165, 1.54) is 12.1 Å². The fraction of sp³-hybridized carbons (Fsp3) is 0.167. The number of hydrogen-bond acceptors (Lipinski definition) is 4. The molecule has 0 spiro atoms. The number of carbonyl (C=O) groups excluding carboxylic acids is 2. The largest absolute Gasteiger partial charge is 0.325 e. The van der Waals surface area contributed by atoms with Crippen LogP contribution in [0, 0.1) is 5.82 Å². The van der Waals surface area contributed by atoms with Gasteiger partial charge >= 0.3 is 6.03 Å². The minimum atomic E-state index is -3.94. The van der Waals surface area contributed by atoms with Crippen molar-refractivity contribution in [2.24, 2.45) is 0 Å². The average molecular weight is 483 g/mol. The summed E-state index contributed by atoms with van der Waals surface area (Å²) in [6.07, 6.45) is 0.920. The van der Waals surface area contributed by atoms with Crippen LogP contribution in [0.1, 0.15) is 12.8 Å². The Balaban J connectivity index is 1.38. The lowest BCUT2D eigenvalue weighted by Gasteiger charge is -2.23. The van der Waals surface area contributed by atoms with Crippen molar-refractivity contribution in [3.8, 4) is 0 Å². The molecule has 0 bridgehead atoms. The minimum absolute atomic E-state index is 0.0576. The van der Waals surface area contributed by atoms with Crippen molar-refractivity contribution in [3.63, 3.8) is 0 Å². The highest BCUT2D eigenvalue weighted by molar-refractivity contribution is 7.89. The molecule has 0 radical (unpaired) electrons. The predicted octanol–water partition coefficient (Wildman–Crippen LogP) is 4.26. The maximum atomic E-state index is 13.2. The fourth-order valence-corrected chi connectivity index (χ4v) is 5.37. The lowest BCUT2D eigenvalue weighted by atomic mass is 10.2. The van der Waals surface area contributed by atoms with Gasteiger partial charge in [0.1, 0.15) is 11.9 Å². The maximum absolute atomic E-state index is 13.2. The molecule has 4 rings (SSSR count). The van der Waals surface area contributed by atoms with Gasteiger partial charge in [-0.1, -0.05) is 18.2 Å². The van der Waals surface area contributed by atoms with Gasteiger partial charge in [-0.3, -0.25) is 4.79 Å². The van der Waals surface area contributed by atoms with Crippen LogP contribution in [-0.2, 0) is 14.8 Å². The second-order valence-electron chi connectivity index (χ2n) is 7.74. The number of amides is 3. The van der Waals surface area contributed by atoms with Gasteiger partial charge in [0.25, 0.3) is 0 Å². The third-order valence-electron chi connectivity index (χ3n) is 5.37. The Hall–Kier alpha value is -3.76. The van der Waals surface area contributed by atoms with E-state index < -0.39 is 33.8 Å². The molecule has 1 fully saturated rings. The van der Waals surface area contributed by atoms with E-state index in [0.29, 0.717) is 29.9 Å². The molecule has 176 valence electrons. The van der Waals surface area contributed by atoms with Crippen molar-refractivity contribution < 1.29 is 22.4 Å². The second-order valence-corrected chi connectivity index (χ2v) is 9.63. The SMILES string of the molecule is O=C(Nc1ccccc1)Nc1ccc(NC(=O)[C@H]2CCCN2S(=O)(=O)c2ccc(F)cc2)cc1. The van der Waals surface area contributed by atoms with Gasteiger partial charge in [-0.15, -0.1) is 0 Å². The number of nitrogens with one attached hydrogen (secondary N) is 3. The third kappa shape index (κ3) is 5.41. The van der Waals surface area contributed by atoms with E-state index in [4.69, 9.17) is 0 Å². The molecule has 3 aromatic rings. The number of anilines is 3. The van der Waals surface area contributed by atoms with E-state index in [1.807, 2.05) is 18.2 Å². The van der Waals surface area contributed by atoms with Crippen LogP contribution in [0.4, 0.5) is 26.2 Å². The standard InChI is InChI=1S/C24H23FN4O4S/c25-17-8-14-21(15-9-17)34(32,33)29-16-4-7-22(29)23(30)26-19-10-12-20(13-11-19)28-24(31)27-18-5-2-1-3-6-18/h1-3,5-6,8-15,22H,4,7,16H2,(H,26,30)(H2,27,28,31)/t22-/m1/s1. The first-order chi connectivity index (χ1) is 16.3. The Labute approximate surface area is 196 Å². The van der Waals surface area contributed by atoms with Gasteiger partial charge in [-0.05, 0) is 73.5 Å². The van der Waals surface area contributed by atoms with Crippen LogP contribution in [0.3, 0.4) is 0 Å². The highest BCUT2D eigenvalue weighted by Gasteiger charge is 2.39. The highest BCUT2D eigenvalue weighted by Crippen LogP contribution is 2.27. The van der Waals surface area contributed by atoms with Crippen molar-refractivity contribution in [2.45, 2.75) is 23.8 Å². The van der Waals surface area contributed by atoms with Crippen molar-refractivity contribution >= 4 is 39.0 Å². The molecule has 1 atom stereocenters. The molecule has 1 aliphatic heterocycles. The Kier molecular flexibility index (Phi) is 6.90. The summed E-state index contributed by atoms with van der Waals surface area (Å²) in [5.41, 5.74) is 1.64. The number of nitrogens with zero attached hydrogens (tertiary/aromatic N) is 1. The van der Waals surface area contributed by atoms with E-state index in [-0.39, 0.29) is 11.4 Å². The quantitative estimate of drug-likeness (QED) is 0.488. The van der Waals surface area contributed by atoms with Gasteiger partial charge in [0, 0.05) is 23.6 Å². The van der Waals surface area contributed by atoms with Crippen molar-refractivity contribution in [1.82, 2.24) is 4.31 Å². The van der Waals surface area contributed by atoms with Gasteiger partial charge in [0.05, 0.1) is 4.90 Å². The number of carbonyl (C=O) groups is 2. The third-order valence-corrected chi connectivity index (χ3v) is 7.29. The van der Waals surface area contributed by atoms with E-state index in [1.54, 1.807) is 36.4 Å². The molecular formula is C24H23FN4O4S. The number of hydrogen-bond donors (Lipinski definition) is 3. The zero-order valence-corrected chi connectivity index (χ0v) is 18.9. The zero-order valence-electron chi connectivity index (χ0n) is 18.1. The van der Waals surface area contributed by atoms with Crippen LogP contribution in [0.2, 0.25) is 0 Å². The van der Waals surface area contributed by atoms with E-state index in [2.05, 4.69) is 16.0 Å². The molecule has 3 amide bonds. The summed E-state index contributed by atoms with van der Waals surface area (Å²) in [7, 11) is -3.94. The molecule has 0 saturated carbocycles. The number of benzene rings is 3. The molecule has 0 unspecified atom stereocenters. The van der Waals surface area contributed by atoms with E-state index in [9.17, 15) is 22.4 Å². The number of sulfonamides is 1. The molecular weight excluding hydrogens is 459 g/mol. The molecule has 1 aliphatic rings. The second kappa shape index (κ2) is 10.0. The van der Waals surface area contributed by atoms with Crippen molar-refractivity contribution in [1.29, 1.82) is 0 Å². The van der Waals surface area contributed by atoms with Gasteiger partial charge in [-0.25, -0.2) is 17.6 Å². The topological polar surface area (TPSA) is 108 Å². The number of para-hydroxylation sites is 1. The molecule has 8 nitrogen and oxygen atoms in total. The summed E-state index contributed by atoms with van der Waals surface area (Å²) in [4.78, 5) is 24.9. The summed E-state index contributed by atoms with van der Waals surface area (Å²) in [5.74, 6) is -0.990. The van der Waals surface area contributed by atoms with Gasteiger partial charge < -0.3 is 16.0 Å². The highest BCUT2D eigenvalue weighted by atomic mass is 32.2. The van der Waals surface area contributed by atoms with E-state index >= 15 is 0 Å². The molecule has 0 aliphatic carbocycles. The first-order valence-corrected chi connectivity index (χ1v) is 12.1. The van der Waals surface area contributed by atoms with Crippen LogP contribution in [0.5, 0.6) is 0 Å². The molecule has 3 aromatic carbocycles. The average Bonchev–Trinajstić information content (AvgIpc) is 3.32. The van der Waals surface area contributed by atoms with Crippen LogP contribution in [0.15, 0.2) is 83.8 Å². The Morgan fingerprint density at radius 3 is 1.97 bits per heavy atom. The normalized spacial score (nSPS) is 16.1. The van der Waals surface area contributed by atoms with Crippen LogP contribution in [0.25, 0.3) is 0 Å². The molecule has 34 heavy (non-hydrogen) atoms. The smallest absolute Gasteiger partial charge is 0.323 e. The summed E-state index contributed by atoms with van der Waals surface area (Å²) in [6.45, 7) is 0.206. The van der Waals surface area contributed by atoms with Gasteiger partial charge in [0.2, 0.25) is 15.9 Å². The van der Waals surface area contributed by atoms with Gasteiger partial charge in [-0.2, -0.15) is 4.31 Å². The lowest BCUT2D eigenvalue weighted by molar-refractivity contribution is -0.119. The van der Waals surface area contributed by atoms with Gasteiger partial charge in [0.15, 0.2) is 0 Å². The fourth-order valence-electron chi connectivity index (χ4n) is 3.71. The van der Waals surface area contributed by atoms with Crippen LogP contribution < -0.4 is 16.0 Å². The molecule has 1 heterocycles. The number of urea groups is 1. The Morgan fingerprint density at radius 1 is 0.794 bits per heavy atom. The first kappa shape index (κ1) is 23.4. The van der Waals surface area contributed by atoms with Crippen LogP contribution in [-0.4, -0.2) is 37.2 Å². The number of rotatable bonds is 6. The van der Waals surface area contributed by atoms with E-state index in [0.717, 1.165) is 16.4 Å². The molecule has 0 aromatic heterocycles. The minimum Gasteiger partial charge on any atom is -0.325 e. The summed E-state index contributed by atoms with van der Waals surface area (Å²) >= 11 is 0. The monoisotopic (exact) mass is 482 g/mol. The molecule has 1 saturated heterocycles. The summed E-state index contributed by atoms with van der Waals surface area (Å²) in [5, 5.41) is 8.14. The van der Waals surface area contributed by atoms with Crippen LogP contribution >= 0.6 is 0 Å². The Morgan fingerprint density at radius 2 is 1.35 bits per heavy atom. The predicted molar refractivity (Wildman–Crippen MR) is 127 cm³/mol. The first-order valence-electron chi connectivity index (χ1n) is 10.6.